The van der Waals surface area contributed by atoms with Crippen molar-refractivity contribution in [1.82, 2.24) is 15.2 Å². The molecule has 3 atom stereocenters. The predicted molar refractivity (Wildman–Crippen MR) is 120 cm³/mol. The molecule has 11 nitrogen and oxygen atoms in total. The number of aliphatic carboxylic acids is 2. The fourth-order valence-electron chi connectivity index (χ4n) is 3.67. The zero-order valence-corrected chi connectivity index (χ0v) is 20.9. The molecular formula is C22H29F6N3O8. The number of hydrogen-bond donors (Lipinski definition) is 3. The number of rotatable bonds is 7. The lowest BCUT2D eigenvalue weighted by Crippen LogP contribution is -2.42. The third-order valence-corrected chi connectivity index (χ3v) is 5.46. The van der Waals surface area contributed by atoms with Crippen LogP contribution in [0.25, 0.3) is 0 Å². The number of aromatic nitrogens is 1. The van der Waals surface area contributed by atoms with Gasteiger partial charge in [-0.05, 0) is 31.4 Å². The minimum absolute atomic E-state index is 0.0214. The van der Waals surface area contributed by atoms with Gasteiger partial charge in [0.2, 0.25) is 11.8 Å². The maximum absolute atomic E-state index is 12.2. The molecule has 222 valence electrons. The molecule has 3 N–H and O–H groups in total. The standard InChI is InChI=1S/C18H27N3O4.2C2HF3O2/c1-23-9-7-19-17(22)15-10-13-5-8-21(12-16(13)25-15)11-14-4-3-6-20-18(14)24-2;2*3-2(4,5)1(6)7/h3-4,6,13,15-16H,5,7-12H2,1-2H3,(H,19,22);2*(H,6,7)/t13-,15+,16-;;/m0../s1. The molecule has 0 unspecified atom stereocenters. The number of halogens is 6. The minimum Gasteiger partial charge on any atom is -0.481 e. The number of nitrogens with one attached hydrogen (secondary N) is 1. The number of fused-ring (bicyclic) bond motifs is 1. The third-order valence-electron chi connectivity index (χ3n) is 5.46. The molecule has 1 aromatic heterocycles. The maximum atomic E-state index is 12.2. The Morgan fingerprint density at radius 3 is 2.23 bits per heavy atom. The second kappa shape index (κ2) is 15.4. The molecule has 2 fully saturated rings. The van der Waals surface area contributed by atoms with Crippen molar-refractivity contribution in [1.29, 1.82) is 0 Å². The number of pyridine rings is 1. The number of ether oxygens (including phenoxy) is 3. The molecule has 1 aromatic rings. The Morgan fingerprint density at radius 2 is 1.72 bits per heavy atom. The number of carboxylic acid groups (broad SMARTS) is 2. The van der Waals surface area contributed by atoms with Crippen LogP contribution in [0.1, 0.15) is 18.4 Å². The zero-order valence-electron chi connectivity index (χ0n) is 20.9. The van der Waals surface area contributed by atoms with Crippen molar-refractivity contribution in [3.63, 3.8) is 0 Å². The third kappa shape index (κ3) is 12.0. The molecule has 0 aromatic carbocycles. The highest BCUT2D eigenvalue weighted by atomic mass is 19.4. The van der Waals surface area contributed by atoms with E-state index in [-0.39, 0.29) is 18.1 Å². The van der Waals surface area contributed by atoms with Gasteiger partial charge < -0.3 is 29.7 Å². The summed E-state index contributed by atoms with van der Waals surface area (Å²) in [6.45, 7) is 3.67. The Hall–Kier alpha value is -3.18. The van der Waals surface area contributed by atoms with Gasteiger partial charge in [0.1, 0.15) is 6.10 Å². The molecule has 39 heavy (non-hydrogen) atoms. The number of alkyl halides is 6. The summed E-state index contributed by atoms with van der Waals surface area (Å²) in [6.07, 6.45) is -6.78. The number of methoxy groups -OCH3 is 2. The van der Waals surface area contributed by atoms with Gasteiger partial charge in [-0.1, -0.05) is 6.07 Å². The van der Waals surface area contributed by atoms with Crippen LogP contribution >= 0.6 is 0 Å². The molecule has 0 aliphatic carbocycles. The minimum atomic E-state index is -5.08. The topological polar surface area (TPSA) is 148 Å². The van der Waals surface area contributed by atoms with E-state index in [2.05, 4.69) is 15.2 Å². The number of carbonyl (C=O) groups excluding carboxylic acids is 1. The van der Waals surface area contributed by atoms with Gasteiger partial charge in [-0.2, -0.15) is 26.3 Å². The van der Waals surface area contributed by atoms with E-state index in [1.165, 1.54) is 0 Å². The molecule has 17 heteroatoms. The lowest BCUT2D eigenvalue weighted by molar-refractivity contribution is -0.193. The lowest BCUT2D eigenvalue weighted by Gasteiger charge is -2.34. The average molecular weight is 577 g/mol. The van der Waals surface area contributed by atoms with Crippen LogP contribution in [0.5, 0.6) is 5.88 Å². The highest BCUT2D eigenvalue weighted by molar-refractivity contribution is 5.81. The maximum Gasteiger partial charge on any atom is 0.490 e. The first-order valence-electron chi connectivity index (χ1n) is 11.3. The van der Waals surface area contributed by atoms with Crippen LogP contribution in [0.15, 0.2) is 18.3 Å². The van der Waals surface area contributed by atoms with Gasteiger partial charge in [0.25, 0.3) is 0 Å². The van der Waals surface area contributed by atoms with Crippen LogP contribution < -0.4 is 10.1 Å². The van der Waals surface area contributed by atoms with E-state index in [9.17, 15) is 31.1 Å². The van der Waals surface area contributed by atoms with E-state index in [1.54, 1.807) is 20.4 Å². The van der Waals surface area contributed by atoms with E-state index >= 15 is 0 Å². The molecule has 0 spiro atoms. The van der Waals surface area contributed by atoms with Gasteiger partial charge in [0, 0.05) is 38.5 Å². The Labute approximate surface area is 219 Å². The number of nitrogens with zero attached hydrogens (tertiary/aromatic N) is 2. The molecular weight excluding hydrogens is 548 g/mol. The average Bonchev–Trinajstić information content (AvgIpc) is 3.28. The molecule has 0 radical (unpaired) electrons. The molecule has 0 saturated carbocycles. The number of piperidine rings is 1. The largest absolute Gasteiger partial charge is 0.490 e. The van der Waals surface area contributed by atoms with Crippen LogP contribution in [-0.4, -0.2) is 103 Å². The van der Waals surface area contributed by atoms with E-state index in [0.717, 1.165) is 38.0 Å². The number of carboxylic acids is 2. The fourth-order valence-corrected chi connectivity index (χ4v) is 3.67. The van der Waals surface area contributed by atoms with Crippen LogP contribution in [0.2, 0.25) is 0 Å². The molecule has 2 saturated heterocycles. The zero-order chi connectivity index (χ0) is 29.8. The SMILES string of the molecule is COCCNC(=O)[C@H]1C[C@@H]2CCN(Cc3cccnc3OC)C[C@@H]2O1.O=C(O)C(F)(F)F.O=C(O)C(F)(F)F. The Morgan fingerprint density at radius 1 is 1.13 bits per heavy atom. The summed E-state index contributed by atoms with van der Waals surface area (Å²) in [7, 11) is 3.27. The predicted octanol–water partition coefficient (Wildman–Crippen LogP) is 2.10. The van der Waals surface area contributed by atoms with E-state index in [0.29, 0.717) is 24.9 Å². The first kappa shape index (κ1) is 33.8. The molecule has 1 amide bonds. The summed E-state index contributed by atoms with van der Waals surface area (Å²) in [5.74, 6) is -4.40. The summed E-state index contributed by atoms with van der Waals surface area (Å²) in [4.78, 5) is 36.6. The van der Waals surface area contributed by atoms with Gasteiger partial charge in [-0.3, -0.25) is 9.69 Å². The smallest absolute Gasteiger partial charge is 0.481 e. The van der Waals surface area contributed by atoms with E-state index in [4.69, 9.17) is 34.0 Å². The van der Waals surface area contributed by atoms with Crippen LogP contribution in [0.3, 0.4) is 0 Å². The van der Waals surface area contributed by atoms with Crippen molar-refractivity contribution in [2.24, 2.45) is 5.92 Å². The van der Waals surface area contributed by atoms with Gasteiger partial charge in [0.05, 0.1) is 19.8 Å². The van der Waals surface area contributed by atoms with Crippen molar-refractivity contribution in [3.05, 3.63) is 23.9 Å². The fraction of sp³-hybridized carbons (Fsp3) is 0.636. The quantitative estimate of drug-likeness (QED) is 0.325. The number of likely N-dealkylation sites (tertiary alicyclic amines) is 1. The van der Waals surface area contributed by atoms with Crippen LogP contribution in [0, 0.1) is 5.92 Å². The van der Waals surface area contributed by atoms with Crippen molar-refractivity contribution < 1.29 is 65.1 Å². The van der Waals surface area contributed by atoms with Gasteiger partial charge >= 0.3 is 24.3 Å². The highest BCUT2D eigenvalue weighted by Gasteiger charge is 2.42. The van der Waals surface area contributed by atoms with Crippen molar-refractivity contribution in [3.8, 4) is 5.88 Å². The van der Waals surface area contributed by atoms with Crippen molar-refractivity contribution in [2.75, 3.05) is 40.5 Å². The summed E-state index contributed by atoms with van der Waals surface area (Å²) in [5.41, 5.74) is 1.08. The summed E-state index contributed by atoms with van der Waals surface area (Å²) < 4.78 is 79.8. The normalized spacial score (nSPS) is 20.9. The molecule has 2 aliphatic heterocycles. The van der Waals surface area contributed by atoms with Crippen LogP contribution in [0.4, 0.5) is 26.3 Å². The van der Waals surface area contributed by atoms with Gasteiger partial charge in [0.15, 0.2) is 0 Å². The number of carbonyl (C=O) groups is 3. The van der Waals surface area contributed by atoms with E-state index in [1.807, 2.05) is 12.1 Å². The molecule has 3 rings (SSSR count). The monoisotopic (exact) mass is 577 g/mol. The molecule has 3 heterocycles. The Bertz CT molecular complexity index is 923. The number of amides is 1. The molecule has 2 aliphatic rings. The summed E-state index contributed by atoms with van der Waals surface area (Å²) >= 11 is 0. The first-order chi connectivity index (χ1) is 18.1. The number of hydrogen-bond acceptors (Lipinski definition) is 8. The van der Waals surface area contributed by atoms with Crippen molar-refractivity contribution in [2.45, 2.75) is 43.9 Å². The first-order valence-corrected chi connectivity index (χ1v) is 11.3. The second-order valence-corrected chi connectivity index (χ2v) is 8.24. The second-order valence-electron chi connectivity index (χ2n) is 8.24. The van der Waals surface area contributed by atoms with Crippen molar-refractivity contribution >= 4 is 17.8 Å². The van der Waals surface area contributed by atoms with Crippen LogP contribution in [-0.2, 0) is 30.4 Å². The molecule has 0 bridgehead atoms. The van der Waals surface area contributed by atoms with Gasteiger partial charge in [-0.15, -0.1) is 0 Å². The summed E-state index contributed by atoms with van der Waals surface area (Å²) in [6, 6.07) is 3.97. The Kier molecular flexibility index (Phi) is 13.4. The lowest BCUT2D eigenvalue weighted by atomic mass is 9.91. The summed E-state index contributed by atoms with van der Waals surface area (Å²) in [5, 5.41) is 17.1. The highest BCUT2D eigenvalue weighted by Crippen LogP contribution is 2.34. The van der Waals surface area contributed by atoms with Gasteiger partial charge in [-0.25, -0.2) is 14.6 Å². The van der Waals surface area contributed by atoms with E-state index < -0.39 is 24.3 Å². The Balaban J connectivity index is 0.000000449.